The van der Waals surface area contributed by atoms with Crippen molar-refractivity contribution in [1.82, 2.24) is 0 Å². The summed E-state index contributed by atoms with van der Waals surface area (Å²) in [6.07, 6.45) is 0.175. The number of sulfone groups is 1. The predicted molar refractivity (Wildman–Crippen MR) is 112 cm³/mol. The first-order valence-corrected chi connectivity index (χ1v) is 11.6. The summed E-state index contributed by atoms with van der Waals surface area (Å²) in [5.41, 5.74) is 1.89. The molecule has 0 radical (unpaired) electrons. The molecule has 28 heavy (non-hydrogen) atoms. The van der Waals surface area contributed by atoms with E-state index in [1.165, 1.54) is 23.9 Å². The molecule has 0 aliphatic carbocycles. The highest BCUT2D eigenvalue weighted by molar-refractivity contribution is 7.99. The summed E-state index contributed by atoms with van der Waals surface area (Å²) in [7, 11) is -3.68. The lowest BCUT2D eigenvalue weighted by Gasteiger charge is -2.11. The number of nitrogens with one attached hydrogen (secondary N) is 2. The van der Waals surface area contributed by atoms with Gasteiger partial charge in [0.25, 0.3) is 0 Å². The lowest BCUT2D eigenvalue weighted by atomic mass is 10.2. The molecule has 1 aliphatic rings. The van der Waals surface area contributed by atoms with E-state index in [1.807, 2.05) is 6.92 Å². The van der Waals surface area contributed by atoms with Crippen LogP contribution in [0.2, 0.25) is 5.02 Å². The van der Waals surface area contributed by atoms with Crippen LogP contribution in [0.25, 0.3) is 0 Å². The standard InChI is InChI=1S/C19H19ClN2O4S2/c1-12-2-4-15(14(20)10-12)21-19(24)7-9-28(25,26)13-3-5-17-16(11-13)22-18(23)6-8-27-17/h2-5,10-11H,6-9H2,1H3,(H,21,24)(H,22,23). The number of halogens is 1. The van der Waals surface area contributed by atoms with Crippen LogP contribution in [0.4, 0.5) is 11.4 Å². The molecule has 0 bridgehead atoms. The third kappa shape index (κ3) is 5.06. The fourth-order valence-corrected chi connectivity index (χ4v) is 5.15. The Balaban J connectivity index is 1.68. The number of thioether (sulfide) groups is 1. The predicted octanol–water partition coefficient (Wildman–Crippen LogP) is 3.89. The summed E-state index contributed by atoms with van der Waals surface area (Å²) in [6.45, 7) is 1.88. The number of hydrogen-bond donors (Lipinski definition) is 2. The van der Waals surface area contributed by atoms with Crippen LogP contribution in [0.1, 0.15) is 18.4 Å². The third-order valence-corrected chi connectivity index (χ3v) is 7.27. The number of carbonyl (C=O) groups is 2. The second-order valence-electron chi connectivity index (χ2n) is 6.40. The Labute approximate surface area is 173 Å². The molecule has 148 valence electrons. The second-order valence-corrected chi connectivity index (χ2v) is 10.1. The van der Waals surface area contributed by atoms with Crippen LogP contribution < -0.4 is 10.6 Å². The molecule has 3 rings (SSSR count). The van der Waals surface area contributed by atoms with E-state index in [9.17, 15) is 18.0 Å². The molecule has 2 N–H and O–H groups in total. The third-order valence-electron chi connectivity index (χ3n) is 4.17. The van der Waals surface area contributed by atoms with Gasteiger partial charge in [-0.15, -0.1) is 11.8 Å². The van der Waals surface area contributed by atoms with Gasteiger partial charge in [0.15, 0.2) is 9.84 Å². The van der Waals surface area contributed by atoms with Gasteiger partial charge < -0.3 is 10.6 Å². The van der Waals surface area contributed by atoms with Gasteiger partial charge in [-0.3, -0.25) is 9.59 Å². The first-order chi connectivity index (χ1) is 13.2. The molecule has 2 amide bonds. The molecule has 0 fully saturated rings. The number of carbonyl (C=O) groups excluding carboxylic acids is 2. The number of anilines is 2. The van der Waals surface area contributed by atoms with E-state index in [4.69, 9.17) is 11.6 Å². The molecule has 1 aliphatic heterocycles. The Bertz CT molecular complexity index is 1040. The van der Waals surface area contributed by atoms with Crippen molar-refractivity contribution >= 4 is 56.4 Å². The molecule has 0 saturated heterocycles. The molecule has 2 aromatic carbocycles. The van der Waals surface area contributed by atoms with Crippen molar-refractivity contribution in [2.75, 3.05) is 22.1 Å². The van der Waals surface area contributed by atoms with Gasteiger partial charge >= 0.3 is 0 Å². The normalized spacial score (nSPS) is 14.0. The van der Waals surface area contributed by atoms with Crippen molar-refractivity contribution in [3.63, 3.8) is 0 Å². The van der Waals surface area contributed by atoms with Crippen LogP contribution in [0.15, 0.2) is 46.2 Å². The van der Waals surface area contributed by atoms with E-state index in [1.54, 1.807) is 24.3 Å². The van der Waals surface area contributed by atoms with Crippen molar-refractivity contribution in [2.24, 2.45) is 0 Å². The minimum absolute atomic E-state index is 0.0789. The zero-order valence-corrected chi connectivity index (χ0v) is 17.5. The number of amides is 2. The highest BCUT2D eigenvalue weighted by atomic mass is 35.5. The molecule has 0 atom stereocenters. The quantitative estimate of drug-likeness (QED) is 0.738. The van der Waals surface area contributed by atoms with Crippen molar-refractivity contribution in [2.45, 2.75) is 29.6 Å². The van der Waals surface area contributed by atoms with Gasteiger partial charge in [-0.1, -0.05) is 17.7 Å². The number of rotatable bonds is 5. The lowest BCUT2D eigenvalue weighted by Crippen LogP contribution is -2.18. The van der Waals surface area contributed by atoms with E-state index in [0.29, 0.717) is 28.6 Å². The van der Waals surface area contributed by atoms with Crippen LogP contribution in [-0.2, 0) is 19.4 Å². The van der Waals surface area contributed by atoms with E-state index in [-0.39, 0.29) is 23.0 Å². The molecule has 6 nitrogen and oxygen atoms in total. The van der Waals surface area contributed by atoms with Crippen molar-refractivity contribution < 1.29 is 18.0 Å². The van der Waals surface area contributed by atoms with Gasteiger partial charge in [-0.2, -0.15) is 0 Å². The first-order valence-electron chi connectivity index (χ1n) is 8.60. The summed E-state index contributed by atoms with van der Waals surface area (Å²) < 4.78 is 25.3. The molecular weight excluding hydrogens is 420 g/mol. The molecule has 0 saturated carbocycles. The molecular formula is C19H19ClN2O4S2. The van der Waals surface area contributed by atoms with Gasteiger partial charge in [0, 0.05) is 23.5 Å². The largest absolute Gasteiger partial charge is 0.325 e. The number of benzene rings is 2. The van der Waals surface area contributed by atoms with Gasteiger partial charge in [0.2, 0.25) is 11.8 Å². The van der Waals surface area contributed by atoms with Gasteiger partial charge in [0.1, 0.15) is 0 Å². The zero-order chi connectivity index (χ0) is 20.3. The molecule has 1 heterocycles. The fourth-order valence-electron chi connectivity index (χ4n) is 2.67. The highest BCUT2D eigenvalue weighted by Crippen LogP contribution is 2.33. The number of aryl methyl sites for hydroxylation is 1. The van der Waals surface area contributed by atoms with Crippen LogP contribution in [-0.4, -0.2) is 31.7 Å². The average molecular weight is 439 g/mol. The molecule has 2 aromatic rings. The Morgan fingerprint density at radius 3 is 2.79 bits per heavy atom. The second kappa shape index (κ2) is 8.55. The van der Waals surface area contributed by atoms with E-state index < -0.39 is 15.7 Å². The fraction of sp³-hybridized carbons (Fsp3) is 0.263. The van der Waals surface area contributed by atoms with Crippen LogP contribution in [0.5, 0.6) is 0 Å². The van der Waals surface area contributed by atoms with Gasteiger partial charge in [-0.25, -0.2) is 8.42 Å². The molecule has 0 spiro atoms. The Hall–Kier alpha value is -2.03. The minimum atomic E-state index is -3.68. The summed E-state index contributed by atoms with van der Waals surface area (Å²) in [5.74, 6) is -0.280. The average Bonchev–Trinajstić information content (AvgIpc) is 2.82. The van der Waals surface area contributed by atoms with Crippen LogP contribution in [0.3, 0.4) is 0 Å². The monoisotopic (exact) mass is 438 g/mol. The molecule has 9 heteroatoms. The van der Waals surface area contributed by atoms with E-state index in [0.717, 1.165) is 10.5 Å². The van der Waals surface area contributed by atoms with Crippen LogP contribution >= 0.6 is 23.4 Å². The van der Waals surface area contributed by atoms with Gasteiger partial charge in [0.05, 0.1) is 27.0 Å². The minimum Gasteiger partial charge on any atom is -0.325 e. The summed E-state index contributed by atoms with van der Waals surface area (Å²) in [5, 5.41) is 5.75. The number of fused-ring (bicyclic) bond motifs is 1. The van der Waals surface area contributed by atoms with Crippen LogP contribution in [0, 0.1) is 6.92 Å². The smallest absolute Gasteiger partial charge is 0.225 e. The Morgan fingerprint density at radius 1 is 1.25 bits per heavy atom. The maximum atomic E-state index is 12.6. The van der Waals surface area contributed by atoms with Crippen molar-refractivity contribution in [1.29, 1.82) is 0 Å². The highest BCUT2D eigenvalue weighted by Gasteiger charge is 2.21. The van der Waals surface area contributed by atoms with Crippen molar-refractivity contribution in [3.05, 3.63) is 47.0 Å². The molecule has 0 aromatic heterocycles. The summed E-state index contributed by atoms with van der Waals surface area (Å²) in [6, 6.07) is 9.85. The maximum Gasteiger partial charge on any atom is 0.225 e. The topological polar surface area (TPSA) is 92.3 Å². The number of hydrogen-bond acceptors (Lipinski definition) is 5. The Morgan fingerprint density at radius 2 is 2.04 bits per heavy atom. The lowest BCUT2D eigenvalue weighted by molar-refractivity contribution is -0.116. The van der Waals surface area contributed by atoms with Crippen molar-refractivity contribution in [3.8, 4) is 0 Å². The molecule has 0 unspecified atom stereocenters. The summed E-state index contributed by atoms with van der Waals surface area (Å²) in [4.78, 5) is 24.8. The van der Waals surface area contributed by atoms with Gasteiger partial charge in [-0.05, 0) is 42.8 Å². The summed E-state index contributed by atoms with van der Waals surface area (Å²) >= 11 is 7.58. The zero-order valence-electron chi connectivity index (χ0n) is 15.1. The van der Waals surface area contributed by atoms with E-state index >= 15 is 0 Å². The maximum absolute atomic E-state index is 12.6. The SMILES string of the molecule is Cc1ccc(NC(=O)CCS(=O)(=O)c2ccc3c(c2)NC(=O)CCS3)c(Cl)c1. The van der Waals surface area contributed by atoms with E-state index in [2.05, 4.69) is 10.6 Å². The first kappa shape index (κ1) is 20.7. The Kier molecular flexibility index (Phi) is 6.32.